The molecule has 0 bridgehead atoms. The maximum absolute atomic E-state index is 13.0. The maximum atomic E-state index is 13.0. The number of carbonyl (C=O) groups is 1. The second-order valence-corrected chi connectivity index (χ2v) is 8.63. The zero-order valence-electron chi connectivity index (χ0n) is 22.8. The van der Waals surface area contributed by atoms with Gasteiger partial charge in [-0.1, -0.05) is 18.2 Å². The van der Waals surface area contributed by atoms with Crippen LogP contribution in [-0.2, 0) is 39.3 Å². The molecule has 0 unspecified atom stereocenters. The molecule has 0 amide bonds. The van der Waals surface area contributed by atoms with Gasteiger partial charge in [0.25, 0.3) is 0 Å². The van der Waals surface area contributed by atoms with Crippen LogP contribution >= 0.6 is 11.6 Å². The van der Waals surface area contributed by atoms with Gasteiger partial charge in [-0.25, -0.2) is 4.79 Å². The fourth-order valence-electron chi connectivity index (χ4n) is 3.23. The van der Waals surface area contributed by atoms with Crippen molar-refractivity contribution in [2.75, 3.05) is 97.1 Å². The summed E-state index contributed by atoms with van der Waals surface area (Å²) in [5.74, 6) is -0.153. The lowest BCUT2D eigenvalue weighted by Gasteiger charge is -2.13. The minimum atomic E-state index is -4.47. The van der Waals surface area contributed by atoms with Crippen LogP contribution < -0.4 is 5.32 Å². The summed E-state index contributed by atoms with van der Waals surface area (Å²) >= 11 is 5.49. The molecule has 0 aliphatic heterocycles. The number of para-hydroxylation sites is 1. The van der Waals surface area contributed by atoms with E-state index in [0.717, 1.165) is 12.1 Å². The molecule has 41 heavy (non-hydrogen) atoms. The molecule has 1 N–H and O–H groups in total. The molecule has 0 saturated carbocycles. The predicted molar refractivity (Wildman–Crippen MR) is 147 cm³/mol. The van der Waals surface area contributed by atoms with Crippen molar-refractivity contribution in [3.8, 4) is 0 Å². The van der Waals surface area contributed by atoms with Crippen LogP contribution in [0.1, 0.15) is 15.9 Å². The lowest BCUT2D eigenvalue weighted by Crippen LogP contribution is -2.15. The molecule has 0 aromatic heterocycles. The second kappa shape index (κ2) is 21.3. The Hall–Kier alpha value is -2.45. The first-order valence-electron chi connectivity index (χ1n) is 13.1. The third-order valence-corrected chi connectivity index (χ3v) is 5.31. The van der Waals surface area contributed by atoms with Crippen molar-refractivity contribution in [3.05, 3.63) is 59.7 Å². The summed E-state index contributed by atoms with van der Waals surface area (Å²) in [4.78, 5) is 12.5. The van der Waals surface area contributed by atoms with Gasteiger partial charge in [-0.3, -0.25) is 0 Å². The first-order chi connectivity index (χ1) is 19.9. The van der Waals surface area contributed by atoms with Crippen LogP contribution in [0.2, 0.25) is 0 Å². The standard InChI is InChI=1S/C28H37ClF3NO8/c29-8-9-35-10-11-36-12-13-37-14-15-38-16-17-39-18-19-40-20-21-41-27(34)25-6-1-2-7-26(25)33-24-5-3-4-23(22-24)28(30,31)32/h1-7,22,33H,8-21H2. The summed E-state index contributed by atoms with van der Waals surface area (Å²) in [7, 11) is 0. The fourth-order valence-corrected chi connectivity index (χ4v) is 3.34. The minimum absolute atomic E-state index is 0.00663. The number of nitrogens with one attached hydrogen (secondary N) is 1. The molecule has 13 heteroatoms. The molecule has 0 spiro atoms. The fraction of sp³-hybridized carbons (Fsp3) is 0.536. The number of rotatable bonds is 23. The van der Waals surface area contributed by atoms with Crippen molar-refractivity contribution < 1.29 is 51.1 Å². The Kier molecular flexibility index (Phi) is 18.0. The summed E-state index contributed by atoms with van der Waals surface area (Å²) < 4.78 is 76.3. The van der Waals surface area contributed by atoms with E-state index >= 15 is 0 Å². The van der Waals surface area contributed by atoms with Crippen molar-refractivity contribution in [3.63, 3.8) is 0 Å². The highest BCUT2D eigenvalue weighted by Gasteiger charge is 2.30. The van der Waals surface area contributed by atoms with Crippen molar-refractivity contribution in [2.45, 2.75) is 6.18 Å². The van der Waals surface area contributed by atoms with Gasteiger partial charge in [-0.05, 0) is 30.3 Å². The number of carbonyl (C=O) groups excluding carboxylic acids is 1. The molecule has 0 atom stereocenters. The van der Waals surface area contributed by atoms with Crippen LogP contribution in [0.4, 0.5) is 24.5 Å². The molecule has 2 aromatic carbocycles. The van der Waals surface area contributed by atoms with Gasteiger partial charge < -0.3 is 38.5 Å². The molecule has 0 saturated heterocycles. The Balaban J connectivity index is 1.47. The van der Waals surface area contributed by atoms with E-state index in [2.05, 4.69) is 5.32 Å². The smallest absolute Gasteiger partial charge is 0.416 e. The van der Waals surface area contributed by atoms with Gasteiger partial charge in [-0.15, -0.1) is 11.6 Å². The lowest BCUT2D eigenvalue weighted by atomic mass is 10.1. The monoisotopic (exact) mass is 607 g/mol. The van der Waals surface area contributed by atoms with E-state index in [-0.39, 0.29) is 24.5 Å². The first kappa shape index (κ1) is 34.7. The second-order valence-electron chi connectivity index (χ2n) is 8.25. The molecule has 2 rings (SSSR count). The highest BCUT2D eigenvalue weighted by Crippen LogP contribution is 2.32. The van der Waals surface area contributed by atoms with E-state index in [1.807, 2.05) is 0 Å². The number of hydrogen-bond acceptors (Lipinski definition) is 9. The van der Waals surface area contributed by atoms with Gasteiger partial charge >= 0.3 is 12.1 Å². The molecule has 230 valence electrons. The molecular weight excluding hydrogens is 571 g/mol. The summed E-state index contributed by atoms with van der Waals surface area (Å²) in [5, 5.41) is 2.85. The highest BCUT2D eigenvalue weighted by molar-refractivity contribution is 6.17. The Morgan fingerprint density at radius 1 is 0.659 bits per heavy atom. The van der Waals surface area contributed by atoms with Crippen LogP contribution in [0.3, 0.4) is 0 Å². The molecule has 9 nitrogen and oxygen atoms in total. The molecule has 0 aliphatic carbocycles. The van der Waals surface area contributed by atoms with Crippen LogP contribution in [0.5, 0.6) is 0 Å². The molecule has 0 radical (unpaired) electrons. The first-order valence-corrected chi connectivity index (χ1v) is 13.7. The number of esters is 1. The summed E-state index contributed by atoms with van der Waals surface area (Å²) in [6.07, 6.45) is -4.47. The quantitative estimate of drug-likeness (QED) is 0.107. The third kappa shape index (κ3) is 15.9. The van der Waals surface area contributed by atoms with Gasteiger partial charge in [0, 0.05) is 11.6 Å². The maximum Gasteiger partial charge on any atom is 0.416 e. The van der Waals surface area contributed by atoms with Crippen molar-refractivity contribution in [1.82, 2.24) is 0 Å². The van der Waals surface area contributed by atoms with E-state index < -0.39 is 17.7 Å². The van der Waals surface area contributed by atoms with Crippen molar-refractivity contribution in [2.24, 2.45) is 0 Å². The van der Waals surface area contributed by atoms with Crippen LogP contribution in [0, 0.1) is 0 Å². The van der Waals surface area contributed by atoms with E-state index in [1.54, 1.807) is 18.2 Å². The predicted octanol–water partition coefficient (Wildman–Crippen LogP) is 4.94. The normalized spacial score (nSPS) is 11.5. The van der Waals surface area contributed by atoms with Gasteiger partial charge in [0.05, 0.1) is 96.1 Å². The largest absolute Gasteiger partial charge is 0.460 e. The SMILES string of the molecule is O=C(OCCOCCOCCOCCOCCOCCOCCCl)c1ccccc1Nc1cccc(C(F)(F)F)c1. The van der Waals surface area contributed by atoms with Gasteiger partial charge in [0.2, 0.25) is 0 Å². The average molecular weight is 608 g/mol. The number of anilines is 2. The molecule has 0 fully saturated rings. The van der Waals surface area contributed by atoms with Crippen LogP contribution in [0.25, 0.3) is 0 Å². The number of ether oxygens (including phenoxy) is 7. The molecule has 2 aromatic rings. The Morgan fingerprint density at radius 2 is 1.15 bits per heavy atom. The lowest BCUT2D eigenvalue weighted by molar-refractivity contribution is -0.137. The van der Waals surface area contributed by atoms with Gasteiger partial charge in [0.15, 0.2) is 0 Å². The van der Waals surface area contributed by atoms with Crippen molar-refractivity contribution >= 4 is 28.9 Å². The van der Waals surface area contributed by atoms with E-state index in [0.29, 0.717) is 84.2 Å². The number of hydrogen-bond donors (Lipinski definition) is 1. The zero-order valence-corrected chi connectivity index (χ0v) is 23.6. The van der Waals surface area contributed by atoms with E-state index in [9.17, 15) is 18.0 Å². The summed E-state index contributed by atoms with van der Waals surface area (Å²) in [6, 6.07) is 11.1. The zero-order chi connectivity index (χ0) is 29.6. The molecule has 0 aliphatic rings. The van der Waals surface area contributed by atoms with E-state index in [4.69, 9.17) is 44.8 Å². The average Bonchev–Trinajstić information content (AvgIpc) is 2.96. The Morgan fingerprint density at radius 3 is 1.66 bits per heavy atom. The molecular formula is C28H37ClF3NO8. The van der Waals surface area contributed by atoms with E-state index in [1.165, 1.54) is 18.2 Å². The van der Waals surface area contributed by atoms with Crippen LogP contribution in [-0.4, -0.2) is 97.7 Å². The number of halogens is 4. The number of benzene rings is 2. The van der Waals surface area contributed by atoms with Crippen LogP contribution in [0.15, 0.2) is 48.5 Å². The topological polar surface area (TPSA) is 93.7 Å². The van der Waals surface area contributed by atoms with Gasteiger partial charge in [0.1, 0.15) is 6.61 Å². The minimum Gasteiger partial charge on any atom is -0.460 e. The third-order valence-electron chi connectivity index (χ3n) is 5.16. The highest BCUT2D eigenvalue weighted by atomic mass is 35.5. The van der Waals surface area contributed by atoms with Gasteiger partial charge in [-0.2, -0.15) is 13.2 Å². The summed E-state index contributed by atoms with van der Waals surface area (Å²) in [5.41, 5.74) is -0.0748. The Labute approximate surface area is 243 Å². The molecule has 0 heterocycles. The summed E-state index contributed by atoms with van der Waals surface area (Å²) in [6.45, 7) is 5.06. The Bertz CT molecular complexity index is 983. The van der Waals surface area contributed by atoms with Crippen molar-refractivity contribution in [1.29, 1.82) is 0 Å². The number of alkyl halides is 4.